The van der Waals surface area contributed by atoms with E-state index in [-0.39, 0.29) is 18.5 Å². The number of hydrogen-bond donors (Lipinski definition) is 3. The molecule has 0 aromatic carbocycles. The summed E-state index contributed by atoms with van der Waals surface area (Å²) in [4.78, 5) is 24.6. The molecule has 2 atom stereocenters. The van der Waals surface area contributed by atoms with Gasteiger partial charge in [-0.1, -0.05) is 409 Å². The van der Waals surface area contributed by atoms with Gasteiger partial charge in [0, 0.05) is 12.8 Å². The van der Waals surface area contributed by atoms with Crippen LogP contribution in [0.1, 0.15) is 457 Å². The van der Waals surface area contributed by atoms with E-state index in [1.54, 1.807) is 0 Å². The summed E-state index contributed by atoms with van der Waals surface area (Å²) in [6, 6.07) is -0.541. The van der Waals surface area contributed by atoms with Gasteiger partial charge >= 0.3 is 5.97 Å². The molecule has 0 aliphatic heterocycles. The Bertz CT molecular complexity index is 1520. The normalized spacial score (nSPS) is 12.7. The molecule has 0 aromatic rings. The van der Waals surface area contributed by atoms with Crippen LogP contribution in [0, 0.1) is 0 Å². The summed E-state index contributed by atoms with van der Waals surface area (Å²) in [7, 11) is 0. The molecule has 0 aromatic heterocycles. The first-order valence-electron chi connectivity index (χ1n) is 41.4. The third-order valence-electron chi connectivity index (χ3n) is 19.3. The topological polar surface area (TPSA) is 95.9 Å². The van der Waals surface area contributed by atoms with Crippen LogP contribution in [0.2, 0.25) is 0 Å². The lowest BCUT2D eigenvalue weighted by Gasteiger charge is -2.22. The largest absolute Gasteiger partial charge is 0.466 e. The lowest BCUT2D eigenvalue weighted by molar-refractivity contribution is -0.143. The quantitative estimate of drug-likeness (QED) is 0.0320. The zero-order valence-corrected chi connectivity index (χ0v) is 61.6. The van der Waals surface area contributed by atoms with Gasteiger partial charge in [-0.25, -0.2) is 0 Å². The van der Waals surface area contributed by atoms with E-state index in [9.17, 15) is 19.8 Å². The van der Waals surface area contributed by atoms with Crippen molar-refractivity contribution in [2.24, 2.45) is 0 Å². The van der Waals surface area contributed by atoms with Gasteiger partial charge in [0.15, 0.2) is 0 Å². The second-order valence-electron chi connectivity index (χ2n) is 28.5. The van der Waals surface area contributed by atoms with E-state index in [2.05, 4.69) is 67.8 Å². The van der Waals surface area contributed by atoms with Crippen LogP contribution in [0.3, 0.4) is 0 Å². The van der Waals surface area contributed by atoms with Gasteiger partial charge in [0.1, 0.15) is 0 Å². The predicted molar refractivity (Wildman–Crippen MR) is 402 cm³/mol. The number of carbonyl (C=O) groups is 2. The summed E-state index contributed by atoms with van der Waals surface area (Å²) in [5, 5.41) is 23.5. The maximum atomic E-state index is 12.6. The van der Waals surface area contributed by atoms with E-state index >= 15 is 0 Å². The summed E-state index contributed by atoms with van der Waals surface area (Å²) in [5.41, 5.74) is 0. The van der Waals surface area contributed by atoms with E-state index in [4.69, 9.17) is 4.74 Å². The Morgan fingerprint density at radius 3 is 0.879 bits per heavy atom. The zero-order valence-electron chi connectivity index (χ0n) is 61.6. The van der Waals surface area contributed by atoms with Gasteiger partial charge < -0.3 is 20.3 Å². The number of aliphatic hydroxyl groups is 2. The Kier molecular flexibility index (Phi) is 78.3. The number of rotatable bonds is 78. The number of amides is 1. The van der Waals surface area contributed by atoms with Gasteiger partial charge in [-0.05, 0) is 83.5 Å². The smallest absolute Gasteiger partial charge is 0.305 e. The molecule has 0 radical (unpaired) electrons. The molecule has 0 fully saturated rings. The molecule has 0 heterocycles. The van der Waals surface area contributed by atoms with E-state index < -0.39 is 12.1 Å². The van der Waals surface area contributed by atoms with E-state index in [1.807, 2.05) is 0 Å². The summed E-state index contributed by atoms with van der Waals surface area (Å²) < 4.78 is 5.48. The first-order valence-corrected chi connectivity index (χ1v) is 41.4. The van der Waals surface area contributed by atoms with Crippen molar-refractivity contribution in [3.63, 3.8) is 0 Å². The van der Waals surface area contributed by atoms with Crippen molar-refractivity contribution >= 4 is 11.9 Å². The van der Waals surface area contributed by atoms with Gasteiger partial charge in [-0.2, -0.15) is 0 Å². The van der Waals surface area contributed by atoms with Crippen molar-refractivity contribution in [1.82, 2.24) is 5.32 Å². The third-order valence-corrected chi connectivity index (χ3v) is 19.3. The molecule has 3 N–H and O–H groups in total. The maximum Gasteiger partial charge on any atom is 0.305 e. The van der Waals surface area contributed by atoms with Crippen LogP contribution >= 0.6 is 0 Å². The Morgan fingerprint density at radius 2 is 0.571 bits per heavy atom. The highest BCUT2D eigenvalue weighted by atomic mass is 16.5. The highest BCUT2D eigenvalue weighted by molar-refractivity contribution is 5.76. The fourth-order valence-corrected chi connectivity index (χ4v) is 13.1. The lowest BCUT2D eigenvalue weighted by Crippen LogP contribution is -2.45. The summed E-state index contributed by atoms with van der Waals surface area (Å²) >= 11 is 0. The molecule has 0 saturated heterocycles. The van der Waals surface area contributed by atoms with Gasteiger partial charge in [0.25, 0.3) is 0 Å². The molecule has 0 bridgehead atoms. The van der Waals surface area contributed by atoms with Crippen molar-refractivity contribution in [2.75, 3.05) is 13.2 Å². The molecule has 91 heavy (non-hydrogen) atoms. The Labute approximate surface area is 569 Å². The Morgan fingerprint density at radius 1 is 0.308 bits per heavy atom. The number of aliphatic hydroxyl groups excluding tert-OH is 2. The molecule has 6 heteroatoms. The number of esters is 1. The van der Waals surface area contributed by atoms with E-state index in [1.165, 1.54) is 366 Å². The molecule has 0 aliphatic rings. The fourth-order valence-electron chi connectivity index (χ4n) is 13.1. The predicted octanol–water partition coefficient (Wildman–Crippen LogP) is 27.5. The molecule has 0 rings (SSSR count). The molecule has 1 amide bonds. The van der Waals surface area contributed by atoms with Gasteiger partial charge in [-0.3, -0.25) is 9.59 Å². The molecule has 0 spiro atoms. The Hall–Kier alpha value is -2.18. The van der Waals surface area contributed by atoms with Crippen LogP contribution in [0.15, 0.2) is 48.6 Å². The van der Waals surface area contributed by atoms with Gasteiger partial charge in [0.2, 0.25) is 5.91 Å². The minimum absolute atomic E-state index is 0.00528. The number of nitrogens with one attached hydrogen (secondary N) is 1. The summed E-state index contributed by atoms with van der Waals surface area (Å²) in [6.45, 7) is 4.93. The minimum Gasteiger partial charge on any atom is -0.466 e. The number of hydrogen-bond acceptors (Lipinski definition) is 5. The molecule has 0 aliphatic carbocycles. The third kappa shape index (κ3) is 76.7. The second kappa shape index (κ2) is 80.3. The highest BCUT2D eigenvalue weighted by Gasteiger charge is 2.20. The van der Waals surface area contributed by atoms with Crippen molar-refractivity contribution in [3.05, 3.63) is 48.6 Å². The zero-order chi connectivity index (χ0) is 65.6. The molecular weight excluding hydrogens is 1110 g/mol. The second-order valence-corrected chi connectivity index (χ2v) is 28.5. The Balaban J connectivity index is 3.36. The molecule has 6 nitrogen and oxygen atoms in total. The monoisotopic (exact) mass is 1280 g/mol. The van der Waals surface area contributed by atoms with Gasteiger partial charge in [-0.15, -0.1) is 0 Å². The van der Waals surface area contributed by atoms with Crippen LogP contribution in [-0.2, 0) is 14.3 Å². The standard InChI is InChI=1S/C85H161NO5/c1-3-5-7-9-11-13-15-17-18-19-20-21-41-44-47-50-54-57-61-65-69-73-77-83(88)82(81-87)86-84(89)78-74-70-66-62-58-55-51-48-45-42-39-37-35-33-31-29-27-25-23-22-24-26-28-30-32-34-36-38-40-43-46-49-52-56-60-64-68-72-76-80-91-85(90)79-75-71-67-63-59-53-16-14-12-10-8-6-4-2/h8,10,14,16,22-23,26,28,82-83,87-88H,3-7,9,11-13,15,17-21,24-25,27,29-81H2,1-2H3,(H,86,89)/b10-8-,16-14-,23-22-,28-26-. The number of allylic oxidation sites excluding steroid dienone is 8. The highest BCUT2D eigenvalue weighted by Crippen LogP contribution is 2.20. The van der Waals surface area contributed by atoms with Crippen LogP contribution in [0.4, 0.5) is 0 Å². The minimum atomic E-state index is -0.664. The molecule has 0 saturated carbocycles. The molecule has 536 valence electrons. The number of carbonyl (C=O) groups excluding carboxylic acids is 2. The van der Waals surface area contributed by atoms with Crippen molar-refractivity contribution in [2.45, 2.75) is 469 Å². The molecule has 2 unspecified atom stereocenters. The average Bonchev–Trinajstić information content (AvgIpc) is 3.70. The average molecular weight is 1280 g/mol. The summed E-state index contributed by atoms with van der Waals surface area (Å²) in [5.74, 6) is -0.0215. The van der Waals surface area contributed by atoms with Crippen molar-refractivity contribution < 1.29 is 24.5 Å². The number of ether oxygens (including phenoxy) is 1. The van der Waals surface area contributed by atoms with Crippen LogP contribution in [-0.4, -0.2) is 47.4 Å². The number of unbranched alkanes of at least 4 members (excludes halogenated alkanes) is 59. The van der Waals surface area contributed by atoms with Crippen LogP contribution < -0.4 is 5.32 Å². The van der Waals surface area contributed by atoms with Gasteiger partial charge in [0.05, 0.1) is 25.4 Å². The maximum absolute atomic E-state index is 12.6. The van der Waals surface area contributed by atoms with Crippen molar-refractivity contribution in [3.8, 4) is 0 Å². The lowest BCUT2D eigenvalue weighted by atomic mass is 10.0. The summed E-state index contributed by atoms with van der Waals surface area (Å²) in [6.07, 6.45) is 107. The molecular formula is C85H161NO5. The fraction of sp³-hybridized carbons (Fsp3) is 0.882. The first kappa shape index (κ1) is 88.8. The van der Waals surface area contributed by atoms with Crippen LogP contribution in [0.5, 0.6) is 0 Å². The van der Waals surface area contributed by atoms with E-state index in [0.29, 0.717) is 25.9 Å². The van der Waals surface area contributed by atoms with Crippen molar-refractivity contribution in [1.29, 1.82) is 0 Å². The first-order chi connectivity index (χ1) is 45.0. The van der Waals surface area contributed by atoms with Crippen LogP contribution in [0.25, 0.3) is 0 Å². The van der Waals surface area contributed by atoms with E-state index in [0.717, 1.165) is 57.8 Å². The SMILES string of the molecule is CCC/C=C\C/C=C\CCCCCCCC(=O)OCCCCCCCCCCCCCCCCC/C=C\C/C=C\CCCCCCCCCCCCCCCCCCCC(=O)NC(CO)C(O)CCCCCCCCCCCCCCCCCCCCCCCC.